The molecule has 0 unspecified atom stereocenters. The molecule has 0 aromatic heterocycles. The first-order valence-corrected chi connectivity index (χ1v) is 12.4. The fourth-order valence-corrected chi connectivity index (χ4v) is 3.28. The van der Waals surface area contributed by atoms with E-state index >= 15 is 0 Å². The van der Waals surface area contributed by atoms with Crippen molar-refractivity contribution in [3.63, 3.8) is 0 Å². The summed E-state index contributed by atoms with van der Waals surface area (Å²) in [5.41, 5.74) is -0.261. The van der Waals surface area contributed by atoms with Crippen LogP contribution in [0.15, 0.2) is 66.7 Å². The second-order valence-electron chi connectivity index (χ2n) is 10.0. The minimum absolute atomic E-state index is 0.125. The number of carboxylic acids is 1. The number of rotatable bonds is 5. The highest BCUT2D eigenvalue weighted by atomic mass is 16.4. The molecule has 210 valence electrons. The monoisotopic (exact) mass is 554 g/mol. The van der Waals surface area contributed by atoms with Gasteiger partial charge in [-0.2, -0.15) is 0 Å². The second kappa shape index (κ2) is 12.7. The molecule has 0 saturated carbocycles. The van der Waals surface area contributed by atoms with Gasteiger partial charge in [0.05, 0.1) is 5.56 Å². The number of hydrogen-bond acceptors (Lipinski definition) is 5. The molecule has 0 aliphatic heterocycles. The van der Waals surface area contributed by atoms with Gasteiger partial charge in [0.25, 0.3) is 0 Å². The van der Waals surface area contributed by atoms with Gasteiger partial charge in [-0.1, -0.05) is 35.8 Å². The predicted molar refractivity (Wildman–Crippen MR) is 158 cm³/mol. The smallest absolute Gasteiger partial charge is 0.335 e. The van der Waals surface area contributed by atoms with Crippen molar-refractivity contribution < 1.29 is 29.7 Å². The normalized spacial score (nSPS) is 10.7. The standard InChI is InChI=1S/C31H30N4O6/c1-30(2,40)13-11-20-7-5-9-23(15-20)32-28(38)34-25-17-22(27(36)37)18-26(19-25)35-29(39)33-24-10-6-8-21(16-24)12-14-31(3,4)41/h5-10,15-19,40-41H,1-4H3,(H,36,37)(H2,32,34,38)(H2,33,35,39). The highest BCUT2D eigenvalue weighted by molar-refractivity contribution is 6.04. The van der Waals surface area contributed by atoms with Crippen molar-refractivity contribution in [1.29, 1.82) is 0 Å². The molecule has 0 saturated heterocycles. The zero-order valence-electron chi connectivity index (χ0n) is 22.9. The molecule has 0 aliphatic carbocycles. The van der Waals surface area contributed by atoms with E-state index in [4.69, 9.17) is 0 Å². The molecule has 41 heavy (non-hydrogen) atoms. The fraction of sp³-hybridized carbons (Fsp3) is 0.194. The summed E-state index contributed by atoms with van der Waals surface area (Å²) in [6.45, 7) is 6.23. The average Bonchev–Trinajstić information content (AvgIpc) is 2.85. The van der Waals surface area contributed by atoms with Crippen LogP contribution in [-0.2, 0) is 0 Å². The Bertz CT molecular complexity index is 1480. The molecular formula is C31H30N4O6. The minimum Gasteiger partial charge on any atom is -0.478 e. The number of amides is 4. The lowest BCUT2D eigenvalue weighted by Crippen LogP contribution is -2.21. The van der Waals surface area contributed by atoms with Crippen LogP contribution in [0.25, 0.3) is 0 Å². The fourth-order valence-electron chi connectivity index (χ4n) is 3.28. The van der Waals surface area contributed by atoms with Crippen molar-refractivity contribution in [2.24, 2.45) is 0 Å². The van der Waals surface area contributed by atoms with Gasteiger partial charge in [0.2, 0.25) is 0 Å². The van der Waals surface area contributed by atoms with Crippen LogP contribution in [0, 0.1) is 23.7 Å². The lowest BCUT2D eigenvalue weighted by atomic mass is 10.1. The Morgan fingerprint density at radius 3 is 1.37 bits per heavy atom. The Hall–Kier alpha value is -5.29. The van der Waals surface area contributed by atoms with Gasteiger partial charge in [0.1, 0.15) is 11.2 Å². The van der Waals surface area contributed by atoms with Crippen LogP contribution in [-0.4, -0.2) is 44.6 Å². The molecule has 0 heterocycles. The van der Waals surface area contributed by atoms with E-state index in [9.17, 15) is 29.7 Å². The van der Waals surface area contributed by atoms with Crippen molar-refractivity contribution >= 4 is 40.8 Å². The van der Waals surface area contributed by atoms with E-state index in [1.165, 1.54) is 18.2 Å². The predicted octanol–water partition coefficient (Wildman–Crippen LogP) is 4.92. The highest BCUT2D eigenvalue weighted by Gasteiger charge is 2.13. The molecule has 0 bridgehead atoms. The van der Waals surface area contributed by atoms with Crippen LogP contribution in [0.1, 0.15) is 49.2 Å². The first kappa shape index (κ1) is 30.3. The van der Waals surface area contributed by atoms with Gasteiger partial charge >= 0.3 is 18.0 Å². The summed E-state index contributed by atoms with van der Waals surface area (Å²) in [5, 5.41) is 39.5. The van der Waals surface area contributed by atoms with E-state index in [1.54, 1.807) is 76.2 Å². The summed E-state index contributed by atoms with van der Waals surface area (Å²) >= 11 is 0. The van der Waals surface area contributed by atoms with Crippen molar-refractivity contribution in [2.45, 2.75) is 38.9 Å². The van der Waals surface area contributed by atoms with Crippen LogP contribution in [0.3, 0.4) is 0 Å². The van der Waals surface area contributed by atoms with E-state index in [2.05, 4.69) is 44.9 Å². The maximum atomic E-state index is 12.6. The Morgan fingerprint density at radius 1 is 0.610 bits per heavy atom. The van der Waals surface area contributed by atoms with E-state index in [0.717, 1.165) is 0 Å². The second-order valence-corrected chi connectivity index (χ2v) is 10.0. The van der Waals surface area contributed by atoms with Crippen LogP contribution in [0.5, 0.6) is 0 Å². The van der Waals surface area contributed by atoms with Crippen LogP contribution in [0.4, 0.5) is 32.3 Å². The number of carbonyl (C=O) groups is 3. The summed E-state index contributed by atoms with van der Waals surface area (Å²) in [6, 6.07) is 15.9. The van der Waals surface area contributed by atoms with Crippen LogP contribution < -0.4 is 21.3 Å². The molecule has 3 aromatic rings. The number of aliphatic hydroxyl groups is 2. The Kier molecular flexibility index (Phi) is 9.38. The third-order valence-electron chi connectivity index (χ3n) is 4.96. The third-order valence-corrected chi connectivity index (χ3v) is 4.96. The number of carbonyl (C=O) groups excluding carboxylic acids is 2. The van der Waals surface area contributed by atoms with Crippen molar-refractivity contribution in [3.8, 4) is 23.7 Å². The quantitative estimate of drug-likeness (QED) is 0.222. The molecule has 4 amide bonds. The molecular weight excluding hydrogens is 524 g/mol. The number of carboxylic acid groups (broad SMARTS) is 1. The first-order chi connectivity index (χ1) is 19.1. The summed E-state index contributed by atoms with van der Waals surface area (Å²) in [5.74, 6) is 9.78. The van der Waals surface area contributed by atoms with Gasteiger partial charge in [0, 0.05) is 33.9 Å². The van der Waals surface area contributed by atoms with Crippen molar-refractivity contribution in [2.75, 3.05) is 21.3 Å². The molecule has 0 aliphatic rings. The molecule has 0 spiro atoms. The van der Waals surface area contributed by atoms with E-state index in [0.29, 0.717) is 22.5 Å². The Morgan fingerprint density at radius 2 is 1.00 bits per heavy atom. The third kappa shape index (κ3) is 10.8. The molecule has 10 heteroatoms. The van der Waals surface area contributed by atoms with Gasteiger partial charge in [-0.15, -0.1) is 0 Å². The zero-order chi connectivity index (χ0) is 30.2. The Labute approximate surface area is 237 Å². The maximum absolute atomic E-state index is 12.6. The SMILES string of the molecule is CC(C)(O)C#Cc1cccc(NC(=O)Nc2cc(NC(=O)Nc3cccc(C#CC(C)(C)O)c3)cc(C(=O)O)c2)c1. The first-order valence-electron chi connectivity index (χ1n) is 12.4. The Balaban J connectivity index is 1.72. The zero-order valence-corrected chi connectivity index (χ0v) is 22.9. The summed E-state index contributed by atoms with van der Waals surface area (Å²) in [7, 11) is 0. The van der Waals surface area contributed by atoms with Crippen molar-refractivity contribution in [1.82, 2.24) is 0 Å². The highest BCUT2D eigenvalue weighted by Crippen LogP contribution is 2.21. The van der Waals surface area contributed by atoms with E-state index in [1.807, 2.05) is 0 Å². The molecule has 3 rings (SSSR count). The topological polar surface area (TPSA) is 160 Å². The largest absolute Gasteiger partial charge is 0.478 e. The van der Waals surface area contributed by atoms with Gasteiger partial charge in [-0.3, -0.25) is 0 Å². The molecule has 0 fully saturated rings. The average molecular weight is 555 g/mol. The van der Waals surface area contributed by atoms with E-state index in [-0.39, 0.29) is 16.9 Å². The lowest BCUT2D eigenvalue weighted by molar-refractivity contribution is 0.0696. The number of benzene rings is 3. The van der Waals surface area contributed by atoms with Crippen LogP contribution in [0.2, 0.25) is 0 Å². The summed E-state index contributed by atoms with van der Waals surface area (Å²) < 4.78 is 0. The van der Waals surface area contributed by atoms with Gasteiger partial charge in [0.15, 0.2) is 0 Å². The molecule has 7 N–H and O–H groups in total. The van der Waals surface area contributed by atoms with E-state index < -0.39 is 29.2 Å². The minimum atomic E-state index is -1.26. The number of nitrogens with one attached hydrogen (secondary N) is 4. The van der Waals surface area contributed by atoms with Gasteiger partial charge < -0.3 is 36.6 Å². The number of anilines is 4. The van der Waals surface area contributed by atoms with Gasteiger partial charge in [-0.05, 0) is 82.3 Å². The van der Waals surface area contributed by atoms with Crippen molar-refractivity contribution in [3.05, 3.63) is 83.4 Å². The summed E-state index contributed by atoms with van der Waals surface area (Å²) in [6.07, 6.45) is 0. The number of aromatic carboxylic acids is 1. The van der Waals surface area contributed by atoms with Crippen LogP contribution >= 0.6 is 0 Å². The lowest BCUT2D eigenvalue weighted by Gasteiger charge is -2.12. The molecule has 0 atom stereocenters. The molecule has 10 nitrogen and oxygen atoms in total. The molecule has 3 aromatic carbocycles. The van der Waals surface area contributed by atoms with Gasteiger partial charge in [-0.25, -0.2) is 14.4 Å². The summed E-state index contributed by atoms with van der Waals surface area (Å²) in [4.78, 5) is 37.0. The number of urea groups is 2. The number of hydrogen-bond donors (Lipinski definition) is 7. The maximum Gasteiger partial charge on any atom is 0.335 e. The molecule has 0 radical (unpaired) electrons.